The fourth-order valence-electron chi connectivity index (χ4n) is 0.322. The molecule has 0 aliphatic rings. The molecule has 2 unspecified atom stereocenters. The Morgan fingerprint density at radius 2 is 2.33 bits per heavy atom. The third kappa shape index (κ3) is 4.86. The van der Waals surface area contributed by atoms with Gasteiger partial charge in [0.05, 0.1) is 0 Å². The van der Waals surface area contributed by atoms with Crippen LogP contribution >= 0.6 is 17.8 Å². The van der Waals surface area contributed by atoms with Crippen LogP contribution in [0.2, 0.25) is 0 Å². The van der Waals surface area contributed by atoms with Crippen LogP contribution in [0.15, 0.2) is 0 Å². The largest absolute Gasteiger partial charge is 0.130 e. The van der Waals surface area contributed by atoms with E-state index in [4.69, 9.17) is 0 Å². The topological polar surface area (TPSA) is 0 Å². The van der Waals surface area contributed by atoms with Gasteiger partial charge in [-0.05, 0) is 11.6 Å². The first-order valence-electron chi connectivity index (χ1n) is 2.26. The fraction of sp³-hybridized carbons (Fsp3) is 1.00. The molecule has 6 heavy (non-hydrogen) atoms. The van der Waals surface area contributed by atoms with Gasteiger partial charge in [-0.2, -0.15) is 0 Å². The molecular weight excluding hydrogens is 110 g/mol. The normalized spacial score (nSPS) is 16.5. The highest BCUT2D eigenvalue weighted by molar-refractivity contribution is 7.50. The summed E-state index contributed by atoms with van der Waals surface area (Å²) in [6, 6.07) is 0. The summed E-state index contributed by atoms with van der Waals surface area (Å²) >= 11 is 0. The Hall–Kier alpha value is 0.860. The Morgan fingerprint density at radius 1 is 1.83 bits per heavy atom. The van der Waals surface area contributed by atoms with Crippen LogP contribution in [-0.4, -0.2) is 11.6 Å². The van der Waals surface area contributed by atoms with Gasteiger partial charge in [-0.1, -0.05) is 13.8 Å². The SMILES string of the molecule is CCP[C@@H](C)P. The molecule has 0 aromatic carbocycles. The maximum absolute atomic E-state index is 2.79. The van der Waals surface area contributed by atoms with E-state index in [-0.39, 0.29) is 0 Å². The maximum atomic E-state index is 2.79. The van der Waals surface area contributed by atoms with Crippen LogP contribution in [0.5, 0.6) is 0 Å². The monoisotopic (exact) mass is 122 g/mol. The van der Waals surface area contributed by atoms with Crippen LogP contribution in [0.4, 0.5) is 0 Å². The van der Waals surface area contributed by atoms with Crippen molar-refractivity contribution >= 4 is 17.8 Å². The smallest absolute Gasteiger partial charge is 0.0118 e. The van der Waals surface area contributed by atoms with Gasteiger partial charge in [0.25, 0.3) is 0 Å². The molecule has 0 aliphatic heterocycles. The minimum absolute atomic E-state index is 0.843. The molecule has 0 radical (unpaired) electrons. The molecule has 38 valence electrons. The van der Waals surface area contributed by atoms with E-state index in [1.165, 1.54) is 6.16 Å². The van der Waals surface area contributed by atoms with Crippen LogP contribution in [-0.2, 0) is 0 Å². The zero-order valence-corrected chi connectivity index (χ0v) is 6.52. The molecule has 0 nitrogen and oxygen atoms in total. The van der Waals surface area contributed by atoms with E-state index in [1.54, 1.807) is 0 Å². The van der Waals surface area contributed by atoms with Gasteiger partial charge in [-0.15, -0.1) is 17.8 Å². The first-order chi connectivity index (χ1) is 2.77. The van der Waals surface area contributed by atoms with E-state index in [1.807, 2.05) is 0 Å². The summed E-state index contributed by atoms with van der Waals surface area (Å²) in [6.07, 6.45) is 1.34. The van der Waals surface area contributed by atoms with E-state index in [0.29, 0.717) is 0 Å². The second kappa shape index (κ2) is 4.03. The van der Waals surface area contributed by atoms with E-state index in [2.05, 4.69) is 23.1 Å². The second-order valence-electron chi connectivity index (χ2n) is 1.35. The quantitative estimate of drug-likeness (QED) is 0.491. The predicted octanol–water partition coefficient (Wildman–Crippen LogP) is 1.91. The van der Waals surface area contributed by atoms with Crippen LogP contribution in [0.1, 0.15) is 13.8 Å². The lowest BCUT2D eigenvalue weighted by Gasteiger charge is -1.96. The highest BCUT2D eigenvalue weighted by Gasteiger charge is 1.84. The van der Waals surface area contributed by atoms with Crippen molar-refractivity contribution in [1.82, 2.24) is 0 Å². The van der Waals surface area contributed by atoms with Gasteiger partial charge >= 0.3 is 0 Å². The predicted molar refractivity (Wildman–Crippen MR) is 38.0 cm³/mol. The molecular formula is C4H12P2. The van der Waals surface area contributed by atoms with Gasteiger partial charge in [0.1, 0.15) is 0 Å². The first kappa shape index (κ1) is 6.86. The Kier molecular flexibility index (Phi) is 4.61. The number of rotatable bonds is 2. The standard InChI is InChI=1S/C4H12P2/c1-3-6-4(2)5/h4,6H,3,5H2,1-2H3/t4-/m0/s1. The summed E-state index contributed by atoms with van der Waals surface area (Å²) < 4.78 is 0. The molecule has 2 heteroatoms. The van der Waals surface area contributed by atoms with Gasteiger partial charge in [0.15, 0.2) is 0 Å². The average molecular weight is 122 g/mol. The lowest BCUT2D eigenvalue weighted by molar-refractivity contribution is 1.38. The molecule has 3 atom stereocenters. The summed E-state index contributed by atoms with van der Waals surface area (Å²) in [7, 11) is 3.92. The molecule has 0 amide bonds. The summed E-state index contributed by atoms with van der Waals surface area (Å²) in [5, 5.41) is 0.843. The summed E-state index contributed by atoms with van der Waals surface area (Å²) in [5.41, 5.74) is 0. The zero-order valence-electron chi connectivity index (χ0n) is 4.36. The van der Waals surface area contributed by atoms with Crippen LogP contribution in [0.3, 0.4) is 0 Å². The number of hydrogen-bond donors (Lipinski definition) is 0. The van der Waals surface area contributed by atoms with Gasteiger partial charge in [0.2, 0.25) is 0 Å². The lowest BCUT2D eigenvalue weighted by atomic mass is 10.9. The average Bonchev–Trinajstić information content (AvgIpc) is 1.35. The molecule has 0 N–H and O–H groups in total. The molecule has 0 saturated carbocycles. The van der Waals surface area contributed by atoms with Gasteiger partial charge in [-0.25, -0.2) is 0 Å². The Morgan fingerprint density at radius 3 is 2.33 bits per heavy atom. The maximum Gasteiger partial charge on any atom is -0.0118 e. The minimum Gasteiger partial charge on any atom is -0.130 e. The third-order valence-electron chi connectivity index (χ3n) is 0.526. The molecule has 0 aliphatic carbocycles. The molecule has 0 saturated heterocycles. The Bertz CT molecular complexity index is 26.7. The van der Waals surface area contributed by atoms with Gasteiger partial charge in [0, 0.05) is 0 Å². The van der Waals surface area contributed by atoms with Gasteiger partial charge < -0.3 is 0 Å². The van der Waals surface area contributed by atoms with Crippen molar-refractivity contribution in [2.45, 2.75) is 19.2 Å². The van der Waals surface area contributed by atoms with Crippen molar-refractivity contribution < 1.29 is 0 Å². The van der Waals surface area contributed by atoms with Crippen LogP contribution in [0.25, 0.3) is 0 Å². The van der Waals surface area contributed by atoms with Crippen LogP contribution < -0.4 is 0 Å². The van der Waals surface area contributed by atoms with Gasteiger partial charge in [-0.3, -0.25) is 0 Å². The summed E-state index contributed by atoms with van der Waals surface area (Å²) in [6.45, 7) is 4.45. The molecule has 0 rings (SSSR count). The fourth-order valence-corrected chi connectivity index (χ4v) is 1.67. The number of hydrogen-bond acceptors (Lipinski definition) is 0. The molecule has 0 spiro atoms. The summed E-state index contributed by atoms with van der Waals surface area (Å²) in [4.78, 5) is 0. The van der Waals surface area contributed by atoms with Crippen LogP contribution in [0, 0.1) is 0 Å². The first-order valence-corrected chi connectivity index (χ1v) is 4.21. The van der Waals surface area contributed by atoms with Crippen molar-refractivity contribution in [2.75, 3.05) is 6.16 Å². The van der Waals surface area contributed by atoms with Crippen molar-refractivity contribution in [3.63, 3.8) is 0 Å². The highest BCUT2D eigenvalue weighted by atomic mass is 31.1. The zero-order chi connectivity index (χ0) is 4.99. The van der Waals surface area contributed by atoms with Crippen molar-refractivity contribution in [3.05, 3.63) is 0 Å². The highest BCUT2D eigenvalue weighted by Crippen LogP contribution is 2.22. The third-order valence-corrected chi connectivity index (χ3v) is 2.29. The van der Waals surface area contributed by atoms with E-state index in [0.717, 1.165) is 14.0 Å². The minimum atomic E-state index is 0.843. The van der Waals surface area contributed by atoms with Crippen molar-refractivity contribution in [3.8, 4) is 0 Å². The van der Waals surface area contributed by atoms with E-state index in [9.17, 15) is 0 Å². The molecule has 0 fully saturated rings. The van der Waals surface area contributed by atoms with E-state index >= 15 is 0 Å². The summed E-state index contributed by atoms with van der Waals surface area (Å²) in [5.74, 6) is 0. The molecule has 0 aromatic rings. The molecule has 0 aromatic heterocycles. The molecule has 0 bridgehead atoms. The van der Waals surface area contributed by atoms with Crippen molar-refractivity contribution in [2.24, 2.45) is 0 Å². The second-order valence-corrected chi connectivity index (χ2v) is 5.04. The van der Waals surface area contributed by atoms with Crippen molar-refractivity contribution in [1.29, 1.82) is 0 Å². The Labute approximate surface area is 44.1 Å². The molecule has 0 heterocycles. The lowest BCUT2D eigenvalue weighted by Crippen LogP contribution is -1.74. The Balaban J connectivity index is 2.63. The van der Waals surface area contributed by atoms with E-state index < -0.39 is 0 Å².